The topological polar surface area (TPSA) is 37.4 Å². The van der Waals surface area contributed by atoms with Crippen molar-refractivity contribution in [2.45, 2.75) is 34.9 Å². The van der Waals surface area contributed by atoms with Crippen molar-refractivity contribution in [3.05, 3.63) is 35.4 Å². The van der Waals surface area contributed by atoms with Crippen LogP contribution in [0.1, 0.15) is 34.1 Å². The quantitative estimate of drug-likeness (QED) is 0.548. The Hall–Kier alpha value is -0.480. The van der Waals surface area contributed by atoms with Crippen molar-refractivity contribution in [3.8, 4) is 0 Å². The molecule has 120 valence electrons. The van der Waals surface area contributed by atoms with Crippen molar-refractivity contribution in [1.82, 2.24) is 4.90 Å². The van der Waals surface area contributed by atoms with Gasteiger partial charge in [-0.05, 0) is 25.5 Å². The van der Waals surface area contributed by atoms with Crippen molar-refractivity contribution in [2.24, 2.45) is 0 Å². The van der Waals surface area contributed by atoms with Gasteiger partial charge in [-0.2, -0.15) is 0 Å². The van der Waals surface area contributed by atoms with Crippen LogP contribution in [0.25, 0.3) is 0 Å². The third-order valence-corrected chi connectivity index (χ3v) is 5.97. The molecule has 7 heteroatoms. The number of carbonyl (C=O) groups is 2. The maximum absolute atomic E-state index is 12.2. The summed E-state index contributed by atoms with van der Waals surface area (Å²) >= 11 is 24.4. The smallest absolute Gasteiger partial charge is 0.261 e. The van der Waals surface area contributed by atoms with E-state index in [0.717, 1.165) is 0 Å². The van der Waals surface area contributed by atoms with Crippen LogP contribution in [0.15, 0.2) is 24.3 Å². The van der Waals surface area contributed by atoms with Gasteiger partial charge in [0.15, 0.2) is 0 Å². The molecule has 0 radical (unpaired) electrons. The van der Waals surface area contributed by atoms with Gasteiger partial charge in [0.1, 0.15) is 0 Å². The monoisotopic (exact) mass is 381 g/mol. The van der Waals surface area contributed by atoms with E-state index in [1.54, 1.807) is 31.2 Å². The first-order valence-electron chi connectivity index (χ1n) is 6.86. The average Bonchev–Trinajstić information content (AvgIpc) is 2.75. The highest BCUT2D eigenvalue weighted by Crippen LogP contribution is 2.28. The summed E-state index contributed by atoms with van der Waals surface area (Å²) in [4.78, 5) is 25.6. The minimum Gasteiger partial charge on any atom is -0.274 e. The lowest BCUT2D eigenvalue weighted by Crippen LogP contribution is -2.36. The van der Waals surface area contributed by atoms with Gasteiger partial charge < -0.3 is 0 Å². The highest BCUT2D eigenvalue weighted by Gasteiger charge is 2.36. The standard InChI is InChI=1S/C15H15Cl4NO2/c1-8(16)12(18)13(19)11(17)6-7-20-14(21)9-4-2-3-5-10(9)15(20)22/h2-5,8,11-13H,6-7H2,1H3. The van der Waals surface area contributed by atoms with E-state index in [1.165, 1.54) is 4.90 Å². The van der Waals surface area contributed by atoms with Gasteiger partial charge in [-0.15, -0.1) is 46.4 Å². The van der Waals surface area contributed by atoms with E-state index in [4.69, 9.17) is 46.4 Å². The molecule has 4 unspecified atom stereocenters. The Kier molecular flexibility index (Phi) is 6.00. The van der Waals surface area contributed by atoms with E-state index in [1.807, 2.05) is 0 Å². The summed E-state index contributed by atoms with van der Waals surface area (Å²) in [5, 5.41) is -1.86. The van der Waals surface area contributed by atoms with Gasteiger partial charge in [0.05, 0.1) is 27.3 Å². The molecule has 1 heterocycles. The van der Waals surface area contributed by atoms with Crippen molar-refractivity contribution in [2.75, 3.05) is 6.54 Å². The Bertz CT molecular complexity index is 543. The van der Waals surface area contributed by atoms with Crippen LogP contribution < -0.4 is 0 Å². The first kappa shape index (κ1) is 17.9. The SMILES string of the molecule is CC(Cl)C(Cl)C(Cl)C(Cl)CCN1C(=O)c2ccccc2C1=O. The van der Waals surface area contributed by atoms with Gasteiger partial charge in [0.2, 0.25) is 0 Å². The minimum absolute atomic E-state index is 0.198. The molecule has 0 N–H and O–H groups in total. The van der Waals surface area contributed by atoms with E-state index in [9.17, 15) is 9.59 Å². The second kappa shape index (κ2) is 7.39. The number of hydrogen-bond acceptors (Lipinski definition) is 2. The number of nitrogens with zero attached hydrogens (tertiary/aromatic N) is 1. The van der Waals surface area contributed by atoms with E-state index in [0.29, 0.717) is 17.5 Å². The predicted molar refractivity (Wildman–Crippen MR) is 90.7 cm³/mol. The molecule has 0 spiro atoms. The molecular formula is C15H15Cl4NO2. The fraction of sp³-hybridized carbons (Fsp3) is 0.467. The highest BCUT2D eigenvalue weighted by molar-refractivity contribution is 6.38. The van der Waals surface area contributed by atoms with E-state index in [2.05, 4.69) is 0 Å². The molecule has 0 aromatic heterocycles. The number of rotatable bonds is 6. The summed E-state index contributed by atoms with van der Waals surface area (Å²) in [7, 11) is 0. The summed E-state index contributed by atoms with van der Waals surface area (Å²) in [6.45, 7) is 1.94. The fourth-order valence-corrected chi connectivity index (χ4v) is 3.39. The normalized spacial score (nSPS) is 19.8. The number of carbonyl (C=O) groups excluding carboxylic acids is 2. The van der Waals surface area contributed by atoms with Crippen molar-refractivity contribution < 1.29 is 9.59 Å². The van der Waals surface area contributed by atoms with Gasteiger partial charge in [0, 0.05) is 11.9 Å². The van der Waals surface area contributed by atoms with E-state index in [-0.39, 0.29) is 23.7 Å². The molecular weight excluding hydrogens is 368 g/mol. The maximum Gasteiger partial charge on any atom is 0.261 e. The van der Waals surface area contributed by atoms with Crippen molar-refractivity contribution >= 4 is 58.2 Å². The van der Waals surface area contributed by atoms with Gasteiger partial charge in [-0.25, -0.2) is 0 Å². The fourth-order valence-electron chi connectivity index (χ4n) is 2.31. The van der Waals surface area contributed by atoms with Gasteiger partial charge in [0.25, 0.3) is 11.8 Å². The highest BCUT2D eigenvalue weighted by atomic mass is 35.5. The third-order valence-electron chi connectivity index (χ3n) is 3.60. The molecule has 0 saturated heterocycles. The zero-order valence-corrected chi connectivity index (χ0v) is 14.8. The zero-order chi connectivity index (χ0) is 16.4. The van der Waals surface area contributed by atoms with Crippen LogP contribution in [0.5, 0.6) is 0 Å². The van der Waals surface area contributed by atoms with E-state index >= 15 is 0 Å². The number of benzene rings is 1. The number of fused-ring (bicyclic) bond motifs is 1. The molecule has 3 nitrogen and oxygen atoms in total. The number of imide groups is 1. The number of hydrogen-bond donors (Lipinski definition) is 0. The molecule has 0 aliphatic carbocycles. The van der Waals surface area contributed by atoms with Crippen LogP contribution in [0.4, 0.5) is 0 Å². The predicted octanol–water partition coefficient (Wildman–Crippen LogP) is 4.12. The largest absolute Gasteiger partial charge is 0.274 e. The van der Waals surface area contributed by atoms with Crippen LogP contribution in [-0.4, -0.2) is 44.8 Å². The zero-order valence-electron chi connectivity index (χ0n) is 11.8. The lowest BCUT2D eigenvalue weighted by molar-refractivity contribution is 0.0652. The average molecular weight is 383 g/mol. The first-order chi connectivity index (χ1) is 10.3. The lowest BCUT2D eigenvalue weighted by Gasteiger charge is -2.24. The third kappa shape index (κ3) is 3.53. The summed E-state index contributed by atoms with van der Waals surface area (Å²) in [6.07, 6.45) is 0.355. The van der Waals surface area contributed by atoms with Gasteiger partial charge in [-0.3, -0.25) is 14.5 Å². The second-order valence-corrected chi connectivity index (χ2v) is 7.44. The summed E-state index contributed by atoms with van der Waals surface area (Å²) in [5.41, 5.74) is 0.844. The first-order valence-corrected chi connectivity index (χ1v) is 8.60. The Morgan fingerprint density at radius 2 is 1.45 bits per heavy atom. The van der Waals surface area contributed by atoms with Crippen LogP contribution in [0, 0.1) is 0 Å². The molecule has 2 amide bonds. The summed E-state index contributed by atoms with van der Waals surface area (Å²) in [6, 6.07) is 6.74. The van der Waals surface area contributed by atoms with Crippen molar-refractivity contribution in [1.29, 1.82) is 0 Å². The van der Waals surface area contributed by atoms with Crippen LogP contribution in [0.3, 0.4) is 0 Å². The molecule has 0 fully saturated rings. The maximum atomic E-state index is 12.2. The molecule has 22 heavy (non-hydrogen) atoms. The summed E-state index contributed by atoms with van der Waals surface area (Å²) < 4.78 is 0. The second-order valence-electron chi connectivity index (χ2n) is 5.18. The lowest BCUT2D eigenvalue weighted by atomic mass is 10.1. The number of halogens is 4. The van der Waals surface area contributed by atoms with Crippen LogP contribution in [-0.2, 0) is 0 Å². The van der Waals surface area contributed by atoms with Gasteiger partial charge >= 0.3 is 0 Å². The Balaban J connectivity index is 1.99. The van der Waals surface area contributed by atoms with E-state index < -0.39 is 16.1 Å². The molecule has 1 aromatic rings. The van der Waals surface area contributed by atoms with Gasteiger partial charge in [-0.1, -0.05) is 12.1 Å². The number of amides is 2. The van der Waals surface area contributed by atoms with Crippen LogP contribution >= 0.6 is 46.4 Å². The van der Waals surface area contributed by atoms with Crippen LogP contribution in [0.2, 0.25) is 0 Å². The molecule has 1 aromatic carbocycles. The summed E-state index contributed by atoms with van der Waals surface area (Å²) in [5.74, 6) is -0.604. The van der Waals surface area contributed by atoms with Crippen molar-refractivity contribution in [3.63, 3.8) is 0 Å². The molecule has 2 rings (SSSR count). The minimum atomic E-state index is -0.550. The Morgan fingerprint density at radius 1 is 0.955 bits per heavy atom. The Morgan fingerprint density at radius 3 is 1.91 bits per heavy atom. The molecule has 1 aliphatic rings. The Labute approximate surface area is 149 Å². The molecule has 1 aliphatic heterocycles. The molecule has 4 atom stereocenters. The number of alkyl halides is 4. The molecule has 0 saturated carbocycles. The molecule has 0 bridgehead atoms.